The Morgan fingerprint density at radius 2 is 1.96 bits per heavy atom. The number of aryl methyl sites for hydroxylation is 1. The molecule has 136 valence electrons. The van der Waals surface area contributed by atoms with Gasteiger partial charge in [-0.25, -0.2) is 4.79 Å². The molecular weight excluding hydrogens is 433 g/mol. The molecule has 0 fully saturated rings. The SMILES string of the molecule is CN=C(NCCc1ccccc1)NCc1cc(C(=O)OC)c(C)o1.I. The molecule has 6 nitrogen and oxygen atoms in total. The van der Waals surface area contributed by atoms with Crippen molar-refractivity contribution in [3.05, 3.63) is 59.0 Å². The number of carbonyl (C=O) groups is 1. The van der Waals surface area contributed by atoms with Gasteiger partial charge in [0.25, 0.3) is 0 Å². The van der Waals surface area contributed by atoms with E-state index >= 15 is 0 Å². The Balaban J connectivity index is 0.00000312. The predicted molar refractivity (Wildman–Crippen MR) is 109 cm³/mol. The summed E-state index contributed by atoms with van der Waals surface area (Å²) in [5.41, 5.74) is 1.71. The Labute approximate surface area is 165 Å². The van der Waals surface area contributed by atoms with Gasteiger partial charge >= 0.3 is 5.97 Å². The molecule has 0 atom stereocenters. The van der Waals surface area contributed by atoms with Crippen molar-refractivity contribution in [3.63, 3.8) is 0 Å². The number of furan rings is 1. The fraction of sp³-hybridized carbons (Fsp3) is 0.333. The number of guanidine groups is 1. The standard InChI is InChI=1S/C18H23N3O3.HI/c1-13-16(17(22)23-3)11-15(24-13)12-21-18(19-2)20-10-9-14-7-5-4-6-8-14;/h4-8,11H,9-10,12H2,1-3H3,(H2,19,20,21);1H. The van der Waals surface area contributed by atoms with Gasteiger partial charge < -0.3 is 19.8 Å². The van der Waals surface area contributed by atoms with Gasteiger partial charge in [0.2, 0.25) is 0 Å². The second kappa shape index (κ2) is 10.8. The summed E-state index contributed by atoms with van der Waals surface area (Å²) in [4.78, 5) is 15.8. The van der Waals surface area contributed by atoms with Crippen LogP contribution in [0.4, 0.5) is 0 Å². The lowest BCUT2D eigenvalue weighted by Gasteiger charge is -2.10. The number of hydrogen-bond donors (Lipinski definition) is 2. The van der Waals surface area contributed by atoms with Gasteiger partial charge in [-0.15, -0.1) is 24.0 Å². The van der Waals surface area contributed by atoms with Crippen molar-refractivity contribution >= 4 is 35.9 Å². The van der Waals surface area contributed by atoms with Gasteiger partial charge in [-0.2, -0.15) is 0 Å². The van der Waals surface area contributed by atoms with E-state index in [1.807, 2.05) is 18.2 Å². The third kappa shape index (κ3) is 6.41. The lowest BCUT2D eigenvalue weighted by molar-refractivity contribution is 0.0599. The van der Waals surface area contributed by atoms with Crippen molar-refractivity contribution in [3.8, 4) is 0 Å². The van der Waals surface area contributed by atoms with Crippen molar-refractivity contribution in [2.24, 2.45) is 4.99 Å². The summed E-state index contributed by atoms with van der Waals surface area (Å²) in [5.74, 6) is 1.48. The van der Waals surface area contributed by atoms with Crippen LogP contribution in [0.3, 0.4) is 0 Å². The number of nitrogens with one attached hydrogen (secondary N) is 2. The Hall–Kier alpha value is -2.03. The monoisotopic (exact) mass is 457 g/mol. The summed E-state index contributed by atoms with van der Waals surface area (Å²) >= 11 is 0. The number of aliphatic imine (C=N–C) groups is 1. The second-order valence-electron chi connectivity index (χ2n) is 5.26. The van der Waals surface area contributed by atoms with Crippen molar-refractivity contribution in [2.75, 3.05) is 20.7 Å². The molecule has 2 aromatic rings. The number of carbonyl (C=O) groups excluding carboxylic acids is 1. The van der Waals surface area contributed by atoms with E-state index in [2.05, 4.69) is 27.8 Å². The molecule has 2 N–H and O–H groups in total. The van der Waals surface area contributed by atoms with E-state index in [1.165, 1.54) is 12.7 Å². The predicted octanol–water partition coefficient (Wildman–Crippen LogP) is 2.90. The third-order valence-electron chi connectivity index (χ3n) is 3.58. The second-order valence-corrected chi connectivity index (χ2v) is 5.26. The van der Waals surface area contributed by atoms with Gasteiger partial charge in [-0.3, -0.25) is 4.99 Å². The highest BCUT2D eigenvalue weighted by Crippen LogP contribution is 2.15. The fourth-order valence-corrected chi connectivity index (χ4v) is 2.30. The Morgan fingerprint density at radius 1 is 1.24 bits per heavy atom. The molecule has 2 rings (SSSR count). The number of ether oxygens (including phenoxy) is 1. The van der Waals surface area contributed by atoms with Gasteiger partial charge in [0.15, 0.2) is 5.96 Å². The van der Waals surface area contributed by atoms with Crippen molar-refractivity contribution in [1.29, 1.82) is 0 Å². The molecule has 0 saturated heterocycles. The number of esters is 1. The lowest BCUT2D eigenvalue weighted by Crippen LogP contribution is -2.37. The van der Waals surface area contributed by atoms with Crippen molar-refractivity contribution < 1.29 is 13.9 Å². The quantitative estimate of drug-likeness (QED) is 0.302. The first-order valence-electron chi connectivity index (χ1n) is 7.80. The molecule has 0 aliphatic carbocycles. The number of nitrogens with zero attached hydrogens (tertiary/aromatic N) is 1. The zero-order valence-electron chi connectivity index (χ0n) is 14.7. The van der Waals surface area contributed by atoms with Crippen LogP contribution < -0.4 is 10.6 Å². The Morgan fingerprint density at radius 3 is 2.60 bits per heavy atom. The Bertz CT molecular complexity index is 699. The summed E-state index contributed by atoms with van der Waals surface area (Å²) in [6.45, 7) is 2.94. The number of halogens is 1. The van der Waals surface area contributed by atoms with E-state index in [9.17, 15) is 4.79 Å². The van der Waals surface area contributed by atoms with E-state index in [0.717, 1.165) is 13.0 Å². The van der Waals surface area contributed by atoms with E-state index < -0.39 is 5.97 Å². The highest BCUT2D eigenvalue weighted by atomic mass is 127. The normalized spacial score (nSPS) is 10.8. The van der Waals surface area contributed by atoms with Crippen LogP contribution >= 0.6 is 24.0 Å². The molecule has 1 aromatic heterocycles. The maximum absolute atomic E-state index is 11.6. The van der Waals surface area contributed by atoms with E-state index in [-0.39, 0.29) is 24.0 Å². The van der Waals surface area contributed by atoms with Crippen molar-refractivity contribution in [2.45, 2.75) is 19.9 Å². The van der Waals surface area contributed by atoms with Crippen LogP contribution in [0, 0.1) is 6.92 Å². The van der Waals surface area contributed by atoms with Gasteiger partial charge in [0, 0.05) is 13.6 Å². The van der Waals surface area contributed by atoms with Gasteiger partial charge in [0.1, 0.15) is 17.1 Å². The first kappa shape index (κ1) is 21.0. The molecule has 1 aromatic carbocycles. The first-order valence-corrected chi connectivity index (χ1v) is 7.80. The van der Waals surface area contributed by atoms with E-state index in [4.69, 9.17) is 9.15 Å². The minimum absolute atomic E-state index is 0. The van der Waals surface area contributed by atoms with Crippen molar-refractivity contribution in [1.82, 2.24) is 10.6 Å². The molecule has 0 aliphatic rings. The topological polar surface area (TPSA) is 75.9 Å². The molecule has 0 amide bonds. The summed E-state index contributed by atoms with van der Waals surface area (Å²) in [6, 6.07) is 11.9. The van der Waals surface area contributed by atoms with Crippen LogP contribution in [0.15, 0.2) is 45.8 Å². The van der Waals surface area contributed by atoms with E-state index in [1.54, 1.807) is 20.0 Å². The average molecular weight is 457 g/mol. The summed E-state index contributed by atoms with van der Waals surface area (Å²) in [7, 11) is 3.07. The minimum Gasteiger partial charge on any atom is -0.465 e. The average Bonchev–Trinajstić information content (AvgIpc) is 2.99. The molecule has 0 bridgehead atoms. The summed E-state index contributed by atoms with van der Waals surface area (Å²) in [5, 5.41) is 6.41. The Kier molecular flexibility index (Phi) is 9.04. The maximum atomic E-state index is 11.6. The zero-order valence-corrected chi connectivity index (χ0v) is 17.0. The van der Waals surface area contributed by atoms with E-state index in [0.29, 0.717) is 29.6 Å². The van der Waals surface area contributed by atoms with Crippen LogP contribution in [-0.2, 0) is 17.7 Å². The minimum atomic E-state index is -0.395. The van der Waals surface area contributed by atoms with Crippen LogP contribution in [0.25, 0.3) is 0 Å². The maximum Gasteiger partial charge on any atom is 0.341 e. The summed E-state index contributed by atoms with van der Waals surface area (Å²) < 4.78 is 10.3. The first-order chi connectivity index (χ1) is 11.6. The van der Waals surface area contributed by atoms with Gasteiger partial charge in [-0.05, 0) is 25.0 Å². The molecule has 0 saturated carbocycles. The fourth-order valence-electron chi connectivity index (χ4n) is 2.30. The lowest BCUT2D eigenvalue weighted by atomic mass is 10.1. The highest BCUT2D eigenvalue weighted by Gasteiger charge is 2.15. The largest absolute Gasteiger partial charge is 0.465 e. The van der Waals surface area contributed by atoms with Crippen LogP contribution in [0.1, 0.15) is 27.4 Å². The molecule has 25 heavy (non-hydrogen) atoms. The molecule has 7 heteroatoms. The molecule has 1 heterocycles. The molecule has 0 radical (unpaired) electrons. The molecule has 0 spiro atoms. The smallest absolute Gasteiger partial charge is 0.341 e. The van der Waals surface area contributed by atoms with Crippen LogP contribution in [0.5, 0.6) is 0 Å². The number of benzene rings is 1. The van der Waals surface area contributed by atoms with Crippen LogP contribution in [0.2, 0.25) is 0 Å². The van der Waals surface area contributed by atoms with Gasteiger partial charge in [0.05, 0.1) is 13.7 Å². The zero-order chi connectivity index (χ0) is 17.4. The molecule has 0 unspecified atom stereocenters. The number of rotatable bonds is 6. The number of hydrogen-bond acceptors (Lipinski definition) is 4. The third-order valence-corrected chi connectivity index (χ3v) is 3.58. The highest BCUT2D eigenvalue weighted by molar-refractivity contribution is 14.0. The number of methoxy groups -OCH3 is 1. The molecular formula is C18H24IN3O3. The van der Waals surface area contributed by atoms with Gasteiger partial charge in [-0.1, -0.05) is 30.3 Å². The molecule has 0 aliphatic heterocycles. The summed E-state index contributed by atoms with van der Waals surface area (Å²) in [6.07, 6.45) is 0.911. The van der Waals surface area contributed by atoms with Crippen LogP contribution in [-0.4, -0.2) is 32.6 Å².